The van der Waals surface area contributed by atoms with Crippen LogP contribution < -0.4 is 0 Å². The number of carbonyl (C=O) groups is 1. The number of aromatic carboxylic acids is 1. The lowest BCUT2D eigenvalue weighted by atomic mass is 10.1. The van der Waals surface area contributed by atoms with Crippen molar-refractivity contribution in [1.29, 1.82) is 0 Å². The summed E-state index contributed by atoms with van der Waals surface area (Å²) in [4.78, 5) is 13.4. The normalized spacial score (nSPS) is 16.7. The first-order chi connectivity index (χ1) is 9.11. The van der Waals surface area contributed by atoms with Crippen molar-refractivity contribution < 1.29 is 14.3 Å². The highest BCUT2D eigenvalue weighted by Crippen LogP contribution is 2.27. The molecule has 0 aliphatic carbocycles. The van der Waals surface area contributed by atoms with Crippen molar-refractivity contribution in [2.75, 3.05) is 19.6 Å². The first-order valence-electron chi connectivity index (χ1n) is 6.11. The fourth-order valence-electron chi connectivity index (χ4n) is 2.42. The van der Waals surface area contributed by atoms with Crippen molar-refractivity contribution in [3.8, 4) is 0 Å². The number of halogens is 1. The third-order valence-corrected chi connectivity index (χ3v) is 3.53. The van der Waals surface area contributed by atoms with Crippen molar-refractivity contribution in [2.24, 2.45) is 0 Å². The number of benzene rings is 1. The summed E-state index contributed by atoms with van der Waals surface area (Å²) in [5, 5.41) is 17.1. The van der Waals surface area contributed by atoms with Crippen molar-refractivity contribution in [3.63, 3.8) is 0 Å². The fraction of sp³-hybridized carbons (Fsp3) is 0.417. The van der Waals surface area contributed by atoms with Gasteiger partial charge in [-0.25, -0.2) is 13.9 Å². The molecule has 19 heavy (non-hydrogen) atoms. The maximum Gasteiger partial charge on any atom is 0.340 e. The molecule has 2 aromatic rings. The number of hydrogen-bond acceptors (Lipinski definition) is 4. The van der Waals surface area contributed by atoms with Gasteiger partial charge < -0.3 is 5.11 Å². The van der Waals surface area contributed by atoms with Crippen LogP contribution in [0, 0.1) is 5.82 Å². The van der Waals surface area contributed by atoms with E-state index >= 15 is 0 Å². The monoisotopic (exact) mass is 264 g/mol. The van der Waals surface area contributed by atoms with E-state index in [1.54, 1.807) is 0 Å². The van der Waals surface area contributed by atoms with Crippen LogP contribution >= 0.6 is 0 Å². The van der Waals surface area contributed by atoms with E-state index in [1.807, 2.05) is 0 Å². The van der Waals surface area contributed by atoms with E-state index in [-0.39, 0.29) is 17.1 Å². The lowest BCUT2D eigenvalue weighted by Crippen LogP contribution is -2.47. The third kappa shape index (κ3) is 1.77. The average molecular weight is 264 g/mol. The first kappa shape index (κ1) is 12.0. The van der Waals surface area contributed by atoms with Crippen LogP contribution in [0.1, 0.15) is 23.3 Å². The van der Waals surface area contributed by atoms with Gasteiger partial charge in [0.2, 0.25) is 0 Å². The zero-order chi connectivity index (χ0) is 13.6. The Morgan fingerprint density at radius 1 is 1.53 bits per heavy atom. The standard InChI is InChI=1S/C12H13FN4O2/c1-2-16-5-7(6-16)17-11-9(14-15-17)4-3-8(13)10(11)12(18)19/h3-4,7H,2,5-6H2,1H3,(H,18,19). The molecular weight excluding hydrogens is 251 g/mol. The van der Waals surface area contributed by atoms with Gasteiger partial charge in [0, 0.05) is 13.1 Å². The molecule has 0 radical (unpaired) electrons. The molecule has 1 aromatic carbocycles. The Bertz CT molecular complexity index is 648. The van der Waals surface area contributed by atoms with Crippen molar-refractivity contribution in [3.05, 3.63) is 23.5 Å². The van der Waals surface area contributed by atoms with Crippen molar-refractivity contribution in [1.82, 2.24) is 19.9 Å². The van der Waals surface area contributed by atoms with Gasteiger partial charge in [0.25, 0.3) is 0 Å². The molecule has 0 saturated carbocycles. The second-order valence-electron chi connectivity index (χ2n) is 4.64. The topological polar surface area (TPSA) is 71.2 Å². The Labute approximate surface area is 108 Å². The number of carboxylic acids is 1. The zero-order valence-corrected chi connectivity index (χ0v) is 10.4. The highest BCUT2D eigenvalue weighted by molar-refractivity contribution is 6.01. The van der Waals surface area contributed by atoms with Gasteiger partial charge in [0.15, 0.2) is 0 Å². The number of hydrogen-bond donors (Lipinski definition) is 1. The summed E-state index contributed by atoms with van der Waals surface area (Å²) in [5.74, 6) is -2.05. The molecular formula is C12H13FN4O2. The molecule has 0 amide bonds. The van der Waals surface area contributed by atoms with Crippen LogP contribution in [-0.4, -0.2) is 50.6 Å². The van der Waals surface area contributed by atoms with E-state index < -0.39 is 11.8 Å². The molecule has 1 aromatic heterocycles. The minimum absolute atomic E-state index is 0.0600. The summed E-state index contributed by atoms with van der Waals surface area (Å²) in [7, 11) is 0. The maximum absolute atomic E-state index is 13.7. The van der Waals surface area contributed by atoms with Gasteiger partial charge in [-0.05, 0) is 18.7 Å². The summed E-state index contributed by atoms with van der Waals surface area (Å²) in [6.45, 7) is 4.55. The van der Waals surface area contributed by atoms with E-state index in [4.69, 9.17) is 5.11 Å². The Morgan fingerprint density at radius 3 is 2.89 bits per heavy atom. The molecule has 1 aliphatic rings. The Hall–Kier alpha value is -2.02. The lowest BCUT2D eigenvalue weighted by Gasteiger charge is -2.38. The highest BCUT2D eigenvalue weighted by atomic mass is 19.1. The minimum Gasteiger partial charge on any atom is -0.478 e. The van der Waals surface area contributed by atoms with Crippen LogP contribution in [0.15, 0.2) is 12.1 Å². The van der Waals surface area contributed by atoms with Crippen LogP contribution in [0.3, 0.4) is 0 Å². The Morgan fingerprint density at radius 2 is 2.26 bits per heavy atom. The molecule has 2 heterocycles. The number of nitrogens with zero attached hydrogens (tertiary/aromatic N) is 4. The van der Waals surface area contributed by atoms with E-state index in [0.717, 1.165) is 25.7 Å². The summed E-state index contributed by atoms with van der Waals surface area (Å²) < 4.78 is 15.2. The molecule has 3 rings (SSSR count). The van der Waals surface area contributed by atoms with Crippen LogP contribution in [0.4, 0.5) is 4.39 Å². The van der Waals surface area contributed by atoms with E-state index in [2.05, 4.69) is 22.1 Å². The van der Waals surface area contributed by atoms with Gasteiger partial charge in [-0.15, -0.1) is 5.10 Å². The molecule has 1 aliphatic heterocycles. The van der Waals surface area contributed by atoms with Gasteiger partial charge in [0.1, 0.15) is 22.4 Å². The number of carboxylic acid groups (broad SMARTS) is 1. The molecule has 6 nitrogen and oxygen atoms in total. The molecule has 100 valence electrons. The van der Waals surface area contributed by atoms with Crippen LogP contribution in [0.5, 0.6) is 0 Å². The van der Waals surface area contributed by atoms with Gasteiger partial charge >= 0.3 is 5.97 Å². The maximum atomic E-state index is 13.7. The SMILES string of the molecule is CCN1CC(n2nnc3ccc(F)c(C(=O)O)c32)C1. The molecule has 1 fully saturated rings. The van der Waals surface area contributed by atoms with E-state index in [0.29, 0.717) is 5.52 Å². The second-order valence-corrected chi connectivity index (χ2v) is 4.64. The van der Waals surface area contributed by atoms with Crippen molar-refractivity contribution in [2.45, 2.75) is 13.0 Å². The predicted octanol–water partition coefficient (Wildman–Crippen LogP) is 1.15. The number of fused-ring (bicyclic) bond motifs is 1. The van der Waals surface area contributed by atoms with Gasteiger partial charge in [-0.3, -0.25) is 4.90 Å². The third-order valence-electron chi connectivity index (χ3n) is 3.53. The Balaban J connectivity index is 2.11. The van der Waals surface area contributed by atoms with Gasteiger partial charge in [0.05, 0.1) is 6.04 Å². The molecule has 0 spiro atoms. The van der Waals surface area contributed by atoms with Gasteiger partial charge in [-0.1, -0.05) is 12.1 Å². The smallest absolute Gasteiger partial charge is 0.340 e. The largest absolute Gasteiger partial charge is 0.478 e. The first-order valence-corrected chi connectivity index (χ1v) is 6.11. The lowest BCUT2D eigenvalue weighted by molar-refractivity contribution is 0.0692. The number of likely N-dealkylation sites (tertiary alicyclic amines) is 1. The molecule has 0 unspecified atom stereocenters. The van der Waals surface area contributed by atoms with E-state index in [9.17, 15) is 9.18 Å². The highest BCUT2D eigenvalue weighted by Gasteiger charge is 2.31. The number of aromatic nitrogens is 3. The second kappa shape index (κ2) is 4.27. The van der Waals surface area contributed by atoms with Crippen LogP contribution in [0.25, 0.3) is 11.0 Å². The summed E-state index contributed by atoms with van der Waals surface area (Å²) >= 11 is 0. The average Bonchev–Trinajstić information content (AvgIpc) is 2.71. The summed E-state index contributed by atoms with van der Waals surface area (Å²) in [5.41, 5.74) is 0.333. The quantitative estimate of drug-likeness (QED) is 0.900. The molecule has 7 heteroatoms. The molecule has 1 N–H and O–H groups in total. The zero-order valence-electron chi connectivity index (χ0n) is 10.4. The molecule has 0 bridgehead atoms. The van der Waals surface area contributed by atoms with Crippen LogP contribution in [-0.2, 0) is 0 Å². The van der Waals surface area contributed by atoms with E-state index in [1.165, 1.54) is 10.7 Å². The number of likely N-dealkylation sites (N-methyl/N-ethyl adjacent to an activating group) is 1. The molecule has 1 saturated heterocycles. The minimum atomic E-state index is -1.29. The summed E-state index contributed by atoms with van der Waals surface area (Å²) in [6, 6.07) is 2.63. The summed E-state index contributed by atoms with van der Waals surface area (Å²) in [6.07, 6.45) is 0. The van der Waals surface area contributed by atoms with Crippen molar-refractivity contribution >= 4 is 17.0 Å². The van der Waals surface area contributed by atoms with Crippen LogP contribution in [0.2, 0.25) is 0 Å². The fourth-order valence-corrected chi connectivity index (χ4v) is 2.42. The molecule has 0 atom stereocenters. The predicted molar refractivity (Wildman–Crippen MR) is 65.6 cm³/mol. The number of rotatable bonds is 3. The Kier molecular flexibility index (Phi) is 2.70. The van der Waals surface area contributed by atoms with Gasteiger partial charge in [-0.2, -0.15) is 0 Å².